The van der Waals surface area contributed by atoms with Crippen molar-refractivity contribution in [2.75, 3.05) is 47.5 Å². The molecular weight excluding hydrogens is 366 g/mol. The summed E-state index contributed by atoms with van der Waals surface area (Å²) >= 11 is 2.03. The van der Waals surface area contributed by atoms with Gasteiger partial charge >= 0.3 is 0 Å². The number of anilines is 2. The Bertz CT molecular complexity index is 954. The van der Waals surface area contributed by atoms with Gasteiger partial charge in [0.05, 0.1) is 0 Å². The molecule has 2 saturated heterocycles. The number of fused-ring (bicyclic) bond motifs is 1. The minimum Gasteiger partial charge on any atom is -0.358 e. The lowest BCUT2D eigenvalue weighted by Crippen LogP contribution is -2.35. The van der Waals surface area contributed by atoms with E-state index in [2.05, 4.69) is 62.0 Å². The lowest BCUT2D eigenvalue weighted by atomic mass is 9.87. The van der Waals surface area contributed by atoms with E-state index >= 15 is 0 Å². The van der Waals surface area contributed by atoms with E-state index in [1.165, 1.54) is 46.5 Å². The Morgan fingerprint density at radius 3 is 2.39 bits per heavy atom. The molecular formula is C22H27N5S. The minimum absolute atomic E-state index is 0.618. The maximum Gasteiger partial charge on any atom is 0.134 e. The fourth-order valence-corrected chi connectivity index (χ4v) is 5.60. The quantitative estimate of drug-likeness (QED) is 0.723. The second-order valence-electron chi connectivity index (χ2n) is 7.80. The molecule has 2 fully saturated rings. The molecule has 0 unspecified atom stereocenters. The summed E-state index contributed by atoms with van der Waals surface area (Å²) in [4.78, 5) is 17.5. The first kappa shape index (κ1) is 17.9. The van der Waals surface area contributed by atoms with Gasteiger partial charge in [-0.25, -0.2) is 9.97 Å². The molecule has 4 heterocycles. The average Bonchev–Trinajstić information content (AvgIpc) is 3.10. The molecule has 0 amide bonds. The number of thioether (sulfide) groups is 1. The van der Waals surface area contributed by atoms with E-state index in [0.29, 0.717) is 5.92 Å². The Hall–Kier alpha value is -2.21. The van der Waals surface area contributed by atoms with Gasteiger partial charge in [0.25, 0.3) is 0 Å². The molecule has 2 aliphatic heterocycles. The van der Waals surface area contributed by atoms with Crippen LogP contribution >= 0.6 is 11.8 Å². The third-order valence-electron chi connectivity index (χ3n) is 6.14. The van der Waals surface area contributed by atoms with Crippen molar-refractivity contribution in [3.63, 3.8) is 0 Å². The van der Waals surface area contributed by atoms with E-state index < -0.39 is 0 Å². The van der Waals surface area contributed by atoms with Gasteiger partial charge in [0.2, 0.25) is 0 Å². The first-order chi connectivity index (χ1) is 13.8. The maximum atomic E-state index is 4.59. The summed E-state index contributed by atoms with van der Waals surface area (Å²) in [7, 11) is 0. The Morgan fingerprint density at radius 1 is 0.964 bits per heavy atom. The Kier molecular flexibility index (Phi) is 4.89. The normalized spacial score (nSPS) is 18.8. The molecule has 146 valence electrons. The number of aromatic amines is 1. The molecule has 1 N–H and O–H groups in total. The zero-order valence-corrected chi connectivity index (χ0v) is 17.2. The van der Waals surface area contributed by atoms with Gasteiger partial charge in [-0.15, -0.1) is 0 Å². The third-order valence-corrected chi connectivity index (χ3v) is 7.09. The van der Waals surface area contributed by atoms with Gasteiger partial charge in [-0.1, -0.05) is 18.2 Å². The van der Waals surface area contributed by atoms with Crippen molar-refractivity contribution in [2.45, 2.75) is 25.7 Å². The number of hydrogen-bond acceptors (Lipinski definition) is 5. The van der Waals surface area contributed by atoms with Gasteiger partial charge in [0.15, 0.2) is 0 Å². The van der Waals surface area contributed by atoms with Crippen molar-refractivity contribution in [2.24, 2.45) is 0 Å². The number of nitrogens with zero attached hydrogens (tertiary/aromatic N) is 4. The predicted octanol–water partition coefficient (Wildman–Crippen LogP) is 4.20. The number of para-hydroxylation sites is 1. The number of aromatic nitrogens is 3. The fraction of sp³-hybridized carbons (Fsp3) is 0.455. The fourth-order valence-electron chi connectivity index (χ4n) is 4.70. The Balaban J connectivity index is 1.31. The van der Waals surface area contributed by atoms with E-state index in [9.17, 15) is 0 Å². The minimum atomic E-state index is 0.618. The molecule has 28 heavy (non-hydrogen) atoms. The molecule has 6 heteroatoms. The molecule has 5 nitrogen and oxygen atoms in total. The highest BCUT2D eigenvalue weighted by Crippen LogP contribution is 2.36. The first-order valence-corrected chi connectivity index (χ1v) is 11.4. The van der Waals surface area contributed by atoms with Crippen LogP contribution < -0.4 is 9.80 Å². The SMILES string of the molecule is Cc1[nH]c2ccccc2c1C1CCN(c2cc(N3CCSCC3)ncn2)CC1. The second-order valence-corrected chi connectivity index (χ2v) is 9.03. The number of hydrogen-bond donors (Lipinski definition) is 1. The third kappa shape index (κ3) is 3.34. The van der Waals surface area contributed by atoms with Gasteiger partial charge in [-0.05, 0) is 37.3 Å². The summed E-state index contributed by atoms with van der Waals surface area (Å²) < 4.78 is 0. The van der Waals surface area contributed by atoms with Crippen LogP contribution in [-0.2, 0) is 0 Å². The van der Waals surface area contributed by atoms with Crippen LogP contribution in [0.25, 0.3) is 10.9 Å². The Labute approximate surface area is 170 Å². The van der Waals surface area contributed by atoms with Crippen molar-refractivity contribution in [3.05, 3.63) is 47.9 Å². The van der Waals surface area contributed by atoms with Gasteiger partial charge in [-0.2, -0.15) is 11.8 Å². The highest BCUT2D eigenvalue weighted by Gasteiger charge is 2.25. The van der Waals surface area contributed by atoms with Gasteiger partial charge < -0.3 is 14.8 Å². The highest BCUT2D eigenvalue weighted by molar-refractivity contribution is 7.99. The molecule has 0 aliphatic carbocycles. The van der Waals surface area contributed by atoms with Crippen LogP contribution in [0.5, 0.6) is 0 Å². The smallest absolute Gasteiger partial charge is 0.134 e. The predicted molar refractivity (Wildman–Crippen MR) is 119 cm³/mol. The molecule has 0 saturated carbocycles. The first-order valence-electron chi connectivity index (χ1n) is 10.3. The summed E-state index contributed by atoms with van der Waals surface area (Å²) in [5.41, 5.74) is 4.11. The number of aryl methyl sites for hydroxylation is 1. The summed E-state index contributed by atoms with van der Waals surface area (Å²) in [5, 5.41) is 1.39. The summed E-state index contributed by atoms with van der Waals surface area (Å²) in [5.74, 6) is 5.16. The molecule has 3 aromatic rings. The molecule has 0 bridgehead atoms. The van der Waals surface area contributed by atoms with Gasteiger partial charge in [0.1, 0.15) is 18.0 Å². The van der Waals surface area contributed by atoms with Crippen LogP contribution in [0.15, 0.2) is 36.7 Å². The van der Waals surface area contributed by atoms with E-state index in [-0.39, 0.29) is 0 Å². The lowest BCUT2D eigenvalue weighted by molar-refractivity contribution is 0.503. The molecule has 1 aromatic carbocycles. The van der Waals surface area contributed by atoms with Crippen molar-refractivity contribution >= 4 is 34.3 Å². The maximum absolute atomic E-state index is 4.59. The summed E-state index contributed by atoms with van der Waals surface area (Å²) in [6.07, 6.45) is 4.08. The molecule has 0 spiro atoms. The number of H-pyrrole nitrogens is 1. The van der Waals surface area contributed by atoms with Crippen LogP contribution in [-0.4, -0.2) is 52.6 Å². The molecule has 2 aromatic heterocycles. The zero-order valence-electron chi connectivity index (χ0n) is 16.4. The lowest BCUT2D eigenvalue weighted by Gasteiger charge is -2.34. The number of rotatable bonds is 3. The summed E-state index contributed by atoms with van der Waals surface area (Å²) in [6, 6.07) is 10.9. The van der Waals surface area contributed by atoms with Crippen LogP contribution in [0.3, 0.4) is 0 Å². The van der Waals surface area contributed by atoms with Crippen LogP contribution in [0, 0.1) is 6.92 Å². The second kappa shape index (κ2) is 7.66. The number of benzene rings is 1. The monoisotopic (exact) mass is 393 g/mol. The summed E-state index contributed by atoms with van der Waals surface area (Å²) in [6.45, 7) is 6.49. The van der Waals surface area contributed by atoms with Crippen molar-refractivity contribution in [3.8, 4) is 0 Å². The average molecular weight is 394 g/mol. The van der Waals surface area contributed by atoms with E-state index in [1.54, 1.807) is 6.33 Å². The Morgan fingerprint density at radius 2 is 1.64 bits per heavy atom. The van der Waals surface area contributed by atoms with Gasteiger partial charge in [0, 0.05) is 60.3 Å². The zero-order chi connectivity index (χ0) is 18.9. The van der Waals surface area contributed by atoms with E-state index in [4.69, 9.17) is 0 Å². The van der Waals surface area contributed by atoms with E-state index in [0.717, 1.165) is 37.8 Å². The molecule has 0 atom stereocenters. The van der Waals surface area contributed by atoms with E-state index in [1.807, 2.05) is 11.8 Å². The highest BCUT2D eigenvalue weighted by atomic mass is 32.2. The van der Waals surface area contributed by atoms with Crippen LogP contribution in [0.1, 0.15) is 30.0 Å². The number of nitrogens with one attached hydrogen (secondary N) is 1. The largest absolute Gasteiger partial charge is 0.358 e. The molecule has 2 aliphatic rings. The molecule has 5 rings (SSSR count). The molecule has 0 radical (unpaired) electrons. The van der Waals surface area contributed by atoms with Crippen LogP contribution in [0.2, 0.25) is 0 Å². The standard InChI is InChI=1S/C22H27N5S/c1-16-22(18-4-2-3-5-19(18)25-16)17-6-8-26(9-7-17)20-14-21(24-15-23-20)27-10-12-28-13-11-27/h2-5,14-15,17,25H,6-13H2,1H3. The van der Waals surface area contributed by atoms with Crippen molar-refractivity contribution in [1.29, 1.82) is 0 Å². The van der Waals surface area contributed by atoms with Crippen LogP contribution in [0.4, 0.5) is 11.6 Å². The van der Waals surface area contributed by atoms with Gasteiger partial charge in [-0.3, -0.25) is 0 Å². The topological polar surface area (TPSA) is 48.1 Å². The van der Waals surface area contributed by atoms with Crippen molar-refractivity contribution < 1.29 is 0 Å². The van der Waals surface area contributed by atoms with Crippen molar-refractivity contribution in [1.82, 2.24) is 15.0 Å². The number of piperidine rings is 1.